The molecule has 2 fully saturated rings. The van der Waals surface area contributed by atoms with Gasteiger partial charge in [0.1, 0.15) is 11.6 Å². The zero-order chi connectivity index (χ0) is 19.5. The van der Waals surface area contributed by atoms with E-state index in [-0.39, 0.29) is 29.7 Å². The molecule has 1 aliphatic heterocycles. The van der Waals surface area contributed by atoms with Crippen LogP contribution in [0.4, 0.5) is 10.2 Å². The highest BCUT2D eigenvalue weighted by Crippen LogP contribution is 2.68. The number of aliphatic hydroxyl groups is 2. The van der Waals surface area contributed by atoms with Crippen LogP contribution < -0.4 is 4.90 Å². The van der Waals surface area contributed by atoms with Crippen molar-refractivity contribution in [3.8, 4) is 0 Å². The summed E-state index contributed by atoms with van der Waals surface area (Å²) >= 11 is 0. The van der Waals surface area contributed by atoms with E-state index in [1.54, 1.807) is 6.07 Å². The number of hydrogen-bond acceptors (Lipinski definition) is 4. The average molecular weight is 378 g/mol. The Kier molecular flexibility index (Phi) is 3.93. The predicted molar refractivity (Wildman–Crippen MR) is 107 cm³/mol. The summed E-state index contributed by atoms with van der Waals surface area (Å²) < 4.78 is 13.6. The third-order valence-electron chi connectivity index (χ3n) is 6.68. The molecule has 3 aromatic rings. The number of benzene rings is 2. The number of pyridine rings is 1. The summed E-state index contributed by atoms with van der Waals surface area (Å²) in [4.78, 5) is 6.82. The Balaban J connectivity index is 1.50. The summed E-state index contributed by atoms with van der Waals surface area (Å²) in [6.07, 6.45) is -0.527. The molecule has 0 bridgehead atoms. The van der Waals surface area contributed by atoms with Gasteiger partial charge in [0, 0.05) is 30.5 Å². The Morgan fingerprint density at radius 1 is 1.18 bits per heavy atom. The fraction of sp³-hybridized carbons (Fsp3) is 0.348. The fourth-order valence-electron chi connectivity index (χ4n) is 5.25. The van der Waals surface area contributed by atoms with E-state index in [9.17, 15) is 14.6 Å². The molecule has 0 radical (unpaired) electrons. The lowest BCUT2D eigenvalue weighted by Gasteiger charge is -2.19. The highest BCUT2D eigenvalue weighted by Gasteiger charge is 2.71. The van der Waals surface area contributed by atoms with Gasteiger partial charge in [-0.25, -0.2) is 9.37 Å². The minimum Gasteiger partial charge on any atom is -0.396 e. The van der Waals surface area contributed by atoms with Gasteiger partial charge in [-0.3, -0.25) is 0 Å². The van der Waals surface area contributed by atoms with Crippen molar-refractivity contribution in [2.45, 2.75) is 18.9 Å². The third-order valence-corrected chi connectivity index (χ3v) is 6.68. The SMILES string of the molecule is Cc1cc(N2C[C@@H](O)[C@@]3(C2)[C@H](CO)[C@H]3c2ccccc2)nc2ccc(F)cc12. The lowest BCUT2D eigenvalue weighted by atomic mass is 9.95. The molecule has 1 spiro atoms. The van der Waals surface area contributed by atoms with Crippen LogP contribution >= 0.6 is 0 Å². The Hall–Kier alpha value is -2.50. The number of anilines is 1. The molecule has 5 heteroatoms. The van der Waals surface area contributed by atoms with Crippen LogP contribution in [0.25, 0.3) is 10.9 Å². The van der Waals surface area contributed by atoms with Gasteiger partial charge in [-0.2, -0.15) is 0 Å². The van der Waals surface area contributed by atoms with Gasteiger partial charge >= 0.3 is 0 Å². The van der Waals surface area contributed by atoms with Crippen LogP contribution in [-0.4, -0.2) is 41.0 Å². The van der Waals surface area contributed by atoms with Crippen molar-refractivity contribution in [2.24, 2.45) is 11.3 Å². The molecule has 144 valence electrons. The first-order chi connectivity index (χ1) is 13.5. The van der Waals surface area contributed by atoms with E-state index in [1.807, 2.05) is 31.2 Å². The van der Waals surface area contributed by atoms with Gasteiger partial charge < -0.3 is 15.1 Å². The highest BCUT2D eigenvalue weighted by molar-refractivity contribution is 5.84. The van der Waals surface area contributed by atoms with Gasteiger partial charge in [-0.05, 0) is 54.2 Å². The van der Waals surface area contributed by atoms with Gasteiger partial charge in [0.15, 0.2) is 0 Å². The molecule has 4 atom stereocenters. The lowest BCUT2D eigenvalue weighted by Crippen LogP contribution is -2.23. The molecular weight excluding hydrogens is 355 g/mol. The molecule has 5 rings (SSSR count). The van der Waals surface area contributed by atoms with Crippen LogP contribution in [0.2, 0.25) is 0 Å². The first-order valence-electron chi connectivity index (χ1n) is 9.70. The minimum absolute atomic E-state index is 0.0468. The zero-order valence-corrected chi connectivity index (χ0v) is 15.7. The quantitative estimate of drug-likeness (QED) is 0.735. The van der Waals surface area contributed by atoms with Crippen LogP contribution in [0.3, 0.4) is 0 Å². The van der Waals surface area contributed by atoms with E-state index in [2.05, 4.69) is 17.0 Å². The summed E-state index contributed by atoms with van der Waals surface area (Å²) in [7, 11) is 0. The number of aliphatic hydroxyl groups excluding tert-OH is 2. The number of aryl methyl sites for hydroxylation is 1. The van der Waals surface area contributed by atoms with Crippen molar-refractivity contribution in [3.05, 3.63) is 71.5 Å². The van der Waals surface area contributed by atoms with Crippen molar-refractivity contribution in [1.29, 1.82) is 0 Å². The van der Waals surface area contributed by atoms with Crippen molar-refractivity contribution < 1.29 is 14.6 Å². The van der Waals surface area contributed by atoms with Crippen LogP contribution in [0.15, 0.2) is 54.6 Å². The summed E-state index contributed by atoms with van der Waals surface area (Å²) in [5, 5.41) is 21.7. The topological polar surface area (TPSA) is 56.6 Å². The van der Waals surface area contributed by atoms with E-state index < -0.39 is 6.10 Å². The number of rotatable bonds is 3. The van der Waals surface area contributed by atoms with Crippen molar-refractivity contribution >= 4 is 16.7 Å². The number of halogens is 1. The number of nitrogens with zero attached hydrogens (tertiary/aromatic N) is 2. The first-order valence-corrected chi connectivity index (χ1v) is 9.70. The van der Waals surface area contributed by atoms with Crippen molar-refractivity contribution in [3.63, 3.8) is 0 Å². The standard InChI is InChI=1S/C23H23FN2O2/c1-14-9-21(25-19-8-7-16(24)10-17(14)19)26-11-20(28)23(13-26)18(12-27)22(23)15-5-3-2-4-6-15/h2-10,18,20,22,27-28H,11-13H2,1H3/t18-,20-,22-,23-/m1/s1. The van der Waals surface area contributed by atoms with Gasteiger partial charge in [-0.15, -0.1) is 0 Å². The molecule has 2 N–H and O–H groups in total. The minimum atomic E-state index is -0.527. The summed E-state index contributed by atoms with van der Waals surface area (Å²) in [6.45, 7) is 3.15. The van der Waals surface area contributed by atoms with Gasteiger partial charge in [0.25, 0.3) is 0 Å². The third kappa shape index (κ3) is 2.46. The molecule has 28 heavy (non-hydrogen) atoms. The molecule has 0 amide bonds. The Morgan fingerprint density at radius 2 is 1.96 bits per heavy atom. The number of β-amino-alcohol motifs (C(OH)–C–C–N with tert-alkyl or cyclic N) is 1. The Labute approximate surface area is 163 Å². The maximum atomic E-state index is 13.6. The van der Waals surface area contributed by atoms with E-state index in [0.717, 1.165) is 22.3 Å². The second kappa shape index (κ2) is 6.26. The summed E-state index contributed by atoms with van der Waals surface area (Å²) in [5.74, 6) is 0.720. The normalized spacial score (nSPS) is 29.0. The van der Waals surface area contributed by atoms with E-state index in [1.165, 1.54) is 17.7 Å². The van der Waals surface area contributed by atoms with Crippen LogP contribution in [0.1, 0.15) is 17.0 Å². The Bertz CT molecular complexity index is 1040. The van der Waals surface area contributed by atoms with Gasteiger partial charge in [0.2, 0.25) is 0 Å². The second-order valence-electron chi connectivity index (χ2n) is 8.14. The van der Waals surface area contributed by atoms with Crippen LogP contribution in [0, 0.1) is 24.1 Å². The summed E-state index contributed by atoms with van der Waals surface area (Å²) in [6, 6.07) is 16.7. The largest absolute Gasteiger partial charge is 0.396 e. The van der Waals surface area contributed by atoms with Gasteiger partial charge in [-0.1, -0.05) is 30.3 Å². The molecule has 4 nitrogen and oxygen atoms in total. The maximum absolute atomic E-state index is 13.6. The monoisotopic (exact) mass is 378 g/mol. The van der Waals surface area contributed by atoms with Crippen LogP contribution in [0.5, 0.6) is 0 Å². The maximum Gasteiger partial charge on any atom is 0.129 e. The lowest BCUT2D eigenvalue weighted by molar-refractivity contribution is 0.113. The van der Waals surface area contributed by atoms with E-state index in [4.69, 9.17) is 4.98 Å². The molecule has 2 aromatic carbocycles. The fourth-order valence-corrected chi connectivity index (χ4v) is 5.25. The number of fused-ring (bicyclic) bond motifs is 1. The molecule has 1 aliphatic carbocycles. The van der Waals surface area contributed by atoms with E-state index in [0.29, 0.717) is 13.1 Å². The average Bonchev–Trinajstić information content (AvgIpc) is 3.24. The molecule has 2 aliphatic rings. The van der Waals surface area contributed by atoms with Crippen molar-refractivity contribution in [1.82, 2.24) is 4.98 Å². The second-order valence-corrected chi connectivity index (χ2v) is 8.14. The summed E-state index contributed by atoms with van der Waals surface area (Å²) in [5.41, 5.74) is 2.54. The first kappa shape index (κ1) is 17.6. The van der Waals surface area contributed by atoms with Gasteiger partial charge in [0.05, 0.1) is 11.6 Å². The number of hydrogen-bond donors (Lipinski definition) is 2. The molecular formula is C23H23FN2O2. The molecule has 2 heterocycles. The zero-order valence-electron chi connectivity index (χ0n) is 15.7. The number of aromatic nitrogens is 1. The Morgan fingerprint density at radius 3 is 2.71 bits per heavy atom. The highest BCUT2D eigenvalue weighted by atomic mass is 19.1. The molecule has 0 unspecified atom stereocenters. The molecule has 1 aromatic heterocycles. The van der Waals surface area contributed by atoms with Crippen LogP contribution in [-0.2, 0) is 0 Å². The molecule has 1 saturated heterocycles. The molecule has 1 saturated carbocycles. The van der Waals surface area contributed by atoms with E-state index >= 15 is 0 Å². The smallest absolute Gasteiger partial charge is 0.129 e. The van der Waals surface area contributed by atoms with Crippen molar-refractivity contribution in [2.75, 3.05) is 24.6 Å². The predicted octanol–water partition coefficient (Wildman–Crippen LogP) is 3.26.